The molecule has 0 bridgehead atoms. The van der Waals surface area contributed by atoms with Crippen molar-refractivity contribution in [3.05, 3.63) is 0 Å². The van der Waals surface area contributed by atoms with E-state index in [0.29, 0.717) is 0 Å². The van der Waals surface area contributed by atoms with Crippen molar-refractivity contribution in [2.45, 2.75) is 55.6 Å². The zero-order valence-electron chi connectivity index (χ0n) is 15.5. The molecule has 0 N–H and O–H groups in total. The van der Waals surface area contributed by atoms with Gasteiger partial charge in [-0.05, 0) is 6.92 Å². The van der Waals surface area contributed by atoms with Crippen molar-refractivity contribution in [3.63, 3.8) is 0 Å². The van der Waals surface area contributed by atoms with E-state index < -0.39 is 63.6 Å². The van der Waals surface area contributed by atoms with Crippen LogP contribution in [0.2, 0.25) is 0 Å². The fraction of sp³-hybridized carbons (Fsp3) is 0.778. The fourth-order valence-corrected chi connectivity index (χ4v) is 6.39. The molecule has 0 aromatic heterocycles. The number of carbonyl (C=O) groups is 4. The highest BCUT2D eigenvalue weighted by atomic mass is 35.5. The van der Waals surface area contributed by atoms with Crippen LogP contribution in [0.4, 0.5) is 8.78 Å². The molecule has 0 radical (unpaired) electrons. The lowest BCUT2D eigenvalue weighted by Crippen LogP contribution is -2.52. The minimum atomic E-state index is -3.09. The van der Waals surface area contributed by atoms with Crippen LogP contribution in [-0.4, -0.2) is 68.1 Å². The molecular weight excluding hydrogens is 417 g/mol. The molecule has 6 nitrogen and oxygen atoms in total. The lowest BCUT2D eigenvalue weighted by Gasteiger charge is -2.34. The predicted octanol–water partition coefficient (Wildman–Crippen LogP) is 1.67. The Morgan fingerprint density at radius 2 is 1.57 bits per heavy atom. The normalized spacial score (nSPS) is 41.3. The van der Waals surface area contributed by atoms with Crippen LogP contribution in [0.1, 0.15) is 27.2 Å². The molecule has 7 atom stereocenters. The third-order valence-corrected chi connectivity index (χ3v) is 7.90. The van der Waals surface area contributed by atoms with Crippen LogP contribution in [0.15, 0.2) is 0 Å². The summed E-state index contributed by atoms with van der Waals surface area (Å²) in [7, 11) is 0. The Morgan fingerprint density at radius 3 is 2.07 bits per heavy atom. The molecule has 2 saturated carbocycles. The van der Waals surface area contributed by atoms with E-state index in [1.54, 1.807) is 0 Å². The van der Waals surface area contributed by atoms with Gasteiger partial charge in [0.15, 0.2) is 11.6 Å². The van der Waals surface area contributed by atoms with Gasteiger partial charge >= 0.3 is 0 Å². The van der Waals surface area contributed by atoms with E-state index in [4.69, 9.17) is 23.2 Å². The van der Waals surface area contributed by atoms with Gasteiger partial charge in [0, 0.05) is 44.7 Å². The second-order valence-corrected chi connectivity index (χ2v) is 9.81. The summed E-state index contributed by atoms with van der Waals surface area (Å²) < 4.78 is 27.4. The van der Waals surface area contributed by atoms with Gasteiger partial charge in [-0.1, -0.05) is 0 Å². The summed E-state index contributed by atoms with van der Waals surface area (Å²) in [4.78, 5) is 51.6. The first-order valence-electron chi connectivity index (χ1n) is 9.18. The average molecular weight is 437 g/mol. The zero-order valence-corrected chi connectivity index (χ0v) is 17.0. The monoisotopic (exact) mass is 436 g/mol. The summed E-state index contributed by atoms with van der Waals surface area (Å²) in [6.45, 7) is 3.94. The van der Waals surface area contributed by atoms with E-state index >= 15 is 0 Å². The van der Waals surface area contributed by atoms with Crippen molar-refractivity contribution in [2.75, 3.05) is 6.54 Å². The average Bonchev–Trinajstić information content (AvgIpc) is 3.09. The van der Waals surface area contributed by atoms with Gasteiger partial charge in [0.1, 0.15) is 4.33 Å². The third-order valence-electron chi connectivity index (χ3n) is 6.84. The van der Waals surface area contributed by atoms with Crippen molar-refractivity contribution < 1.29 is 28.0 Å². The predicted molar refractivity (Wildman–Crippen MR) is 94.9 cm³/mol. The first kappa shape index (κ1) is 20.0. The number of hydrogen-bond acceptors (Lipinski definition) is 4. The number of likely N-dealkylation sites (tertiary alicyclic amines) is 2. The van der Waals surface area contributed by atoms with Gasteiger partial charge in [-0.15, -0.1) is 23.2 Å². The van der Waals surface area contributed by atoms with E-state index in [-0.39, 0.29) is 24.8 Å². The molecule has 28 heavy (non-hydrogen) atoms. The quantitative estimate of drug-likeness (QED) is 0.628. The lowest BCUT2D eigenvalue weighted by atomic mass is 9.97. The van der Waals surface area contributed by atoms with Crippen LogP contribution >= 0.6 is 23.2 Å². The Bertz CT molecular complexity index is 804. The summed E-state index contributed by atoms with van der Waals surface area (Å²) in [5.74, 6) is -8.07. The van der Waals surface area contributed by atoms with Crippen LogP contribution in [0.3, 0.4) is 0 Å². The molecule has 2 aliphatic carbocycles. The minimum absolute atomic E-state index is 0.235. The number of alkyl halides is 4. The molecule has 2 aliphatic heterocycles. The van der Waals surface area contributed by atoms with E-state index in [9.17, 15) is 28.0 Å². The second-order valence-electron chi connectivity index (χ2n) is 8.37. The smallest absolute Gasteiger partial charge is 0.259 e. The van der Waals surface area contributed by atoms with E-state index in [1.165, 1.54) is 25.7 Å². The fourth-order valence-electron chi connectivity index (χ4n) is 5.56. The lowest BCUT2D eigenvalue weighted by molar-refractivity contribution is -0.144. The van der Waals surface area contributed by atoms with Crippen LogP contribution in [0.25, 0.3) is 0 Å². The molecule has 2 amide bonds. The Hall–Kier alpha value is -1.28. The maximum absolute atomic E-state index is 14.3. The number of hydrogen-bond donors (Lipinski definition) is 0. The number of nitrogens with zero attached hydrogens (tertiary/aromatic N) is 2. The molecule has 2 heterocycles. The standard InChI is InChI=1S/C18H20Cl2F2N2O4/c1-6(25)15-14-13(18(14,21)22)10(24(15)8(3)27)4-11(28)16-12-9(17(12,19)20)5-23(16)7(2)26/h9-10,12-16H,4-5H2,1-3H3/t9-,10?,12-,13-,14-,15+,16+/m0/s1. The zero-order chi connectivity index (χ0) is 20.9. The maximum Gasteiger partial charge on any atom is 0.259 e. The van der Waals surface area contributed by atoms with Crippen LogP contribution in [-0.2, 0) is 19.2 Å². The SMILES string of the molecule is CC(=O)[C@@H]1[C@@H]2[C@H](C(CC(=O)[C@@H]3[C@@H]4[C@H](CN3C(C)=O)C4(Cl)Cl)N1C(C)=O)C2(F)F. The first-order chi connectivity index (χ1) is 12.8. The Kier molecular flexibility index (Phi) is 4.20. The van der Waals surface area contributed by atoms with E-state index in [2.05, 4.69) is 0 Å². The van der Waals surface area contributed by atoms with Gasteiger partial charge in [0.05, 0.1) is 23.9 Å². The summed E-state index contributed by atoms with van der Waals surface area (Å²) >= 11 is 12.4. The van der Waals surface area contributed by atoms with Crippen molar-refractivity contribution in [2.24, 2.45) is 23.7 Å². The topological polar surface area (TPSA) is 74.8 Å². The van der Waals surface area contributed by atoms with Gasteiger partial charge in [-0.2, -0.15) is 0 Å². The maximum atomic E-state index is 14.3. The molecular formula is C18H20Cl2F2N2O4. The highest BCUT2D eigenvalue weighted by Gasteiger charge is 2.81. The van der Waals surface area contributed by atoms with Crippen molar-refractivity contribution in [3.8, 4) is 0 Å². The molecule has 0 aromatic carbocycles. The van der Waals surface area contributed by atoms with Crippen molar-refractivity contribution in [1.29, 1.82) is 0 Å². The Labute approximate surface area is 170 Å². The minimum Gasteiger partial charge on any atom is -0.332 e. The number of carbonyl (C=O) groups excluding carboxylic acids is 4. The van der Waals surface area contributed by atoms with E-state index in [0.717, 1.165) is 4.90 Å². The molecule has 154 valence electrons. The largest absolute Gasteiger partial charge is 0.332 e. The molecule has 4 rings (SSSR count). The van der Waals surface area contributed by atoms with Gasteiger partial charge in [-0.25, -0.2) is 8.78 Å². The Morgan fingerprint density at radius 1 is 0.964 bits per heavy atom. The number of amides is 2. The summed E-state index contributed by atoms with van der Waals surface area (Å²) in [5.41, 5.74) is 0. The molecule has 1 unspecified atom stereocenters. The van der Waals surface area contributed by atoms with E-state index in [1.807, 2.05) is 0 Å². The van der Waals surface area contributed by atoms with Crippen molar-refractivity contribution in [1.82, 2.24) is 9.80 Å². The summed E-state index contributed by atoms with van der Waals surface area (Å²) in [5, 5.41) is 0. The Balaban J connectivity index is 1.60. The highest BCUT2D eigenvalue weighted by Crippen LogP contribution is 2.67. The first-order valence-corrected chi connectivity index (χ1v) is 9.94. The number of halogens is 4. The number of fused-ring (bicyclic) bond motifs is 2. The molecule has 0 aromatic rings. The molecule has 2 saturated heterocycles. The van der Waals surface area contributed by atoms with Gasteiger partial charge < -0.3 is 9.80 Å². The van der Waals surface area contributed by atoms with Gasteiger partial charge in [0.25, 0.3) is 5.92 Å². The molecule has 10 heteroatoms. The molecule has 4 fully saturated rings. The summed E-state index contributed by atoms with van der Waals surface area (Å²) in [6.07, 6.45) is -0.359. The van der Waals surface area contributed by atoms with Crippen LogP contribution < -0.4 is 0 Å². The third kappa shape index (κ3) is 2.49. The molecule has 0 spiro atoms. The number of Topliss-reactive ketones (excluding diaryl/α,β-unsaturated/α-hetero) is 2. The molecule has 4 aliphatic rings. The van der Waals surface area contributed by atoms with Gasteiger partial charge in [0.2, 0.25) is 11.8 Å². The van der Waals surface area contributed by atoms with Crippen LogP contribution in [0, 0.1) is 23.7 Å². The van der Waals surface area contributed by atoms with Crippen molar-refractivity contribution >= 4 is 46.6 Å². The number of rotatable bonds is 4. The summed E-state index contributed by atoms with van der Waals surface area (Å²) in [6, 6.07) is -3.20. The van der Waals surface area contributed by atoms with Crippen LogP contribution in [0.5, 0.6) is 0 Å². The number of piperidine rings is 2. The highest BCUT2D eigenvalue weighted by molar-refractivity contribution is 6.51. The number of ketones is 2. The van der Waals surface area contributed by atoms with Gasteiger partial charge in [-0.3, -0.25) is 19.2 Å². The second kappa shape index (κ2) is 5.88.